The average molecular weight is 275 g/mol. The predicted molar refractivity (Wildman–Crippen MR) is 68.0 cm³/mol. The Balaban J connectivity index is 1.81. The lowest BCUT2D eigenvalue weighted by atomic mass is 9.84. The lowest BCUT2D eigenvalue weighted by molar-refractivity contribution is -0.138. The molecule has 19 heavy (non-hydrogen) atoms. The van der Waals surface area contributed by atoms with E-state index in [2.05, 4.69) is 0 Å². The van der Waals surface area contributed by atoms with Crippen molar-refractivity contribution in [3.05, 3.63) is 0 Å². The van der Waals surface area contributed by atoms with Crippen LogP contribution in [-0.4, -0.2) is 41.0 Å². The van der Waals surface area contributed by atoms with Gasteiger partial charge in [0.1, 0.15) is 0 Å². The molecular weight excluding hydrogens is 252 g/mol. The number of amides is 1. The molecule has 0 unspecified atom stereocenters. The van der Waals surface area contributed by atoms with Gasteiger partial charge < -0.3 is 10.0 Å². The first kappa shape index (κ1) is 14.7. The summed E-state index contributed by atoms with van der Waals surface area (Å²) >= 11 is 0. The van der Waals surface area contributed by atoms with Gasteiger partial charge in [-0.15, -0.1) is 0 Å². The number of alkyl halides is 2. The summed E-state index contributed by atoms with van der Waals surface area (Å²) in [6.45, 7) is 0.358. The van der Waals surface area contributed by atoms with Crippen molar-refractivity contribution in [2.45, 2.75) is 63.3 Å². The van der Waals surface area contributed by atoms with E-state index in [0.717, 1.165) is 19.3 Å². The second-order valence-electron chi connectivity index (χ2n) is 5.90. The molecule has 0 saturated heterocycles. The van der Waals surface area contributed by atoms with Gasteiger partial charge in [-0.05, 0) is 38.0 Å². The highest BCUT2D eigenvalue weighted by Gasteiger charge is 2.36. The maximum atomic E-state index is 13.1. The van der Waals surface area contributed by atoms with E-state index < -0.39 is 5.92 Å². The van der Waals surface area contributed by atoms with Crippen LogP contribution in [0.5, 0.6) is 0 Å². The summed E-state index contributed by atoms with van der Waals surface area (Å²) in [5, 5.41) is 9.04. The Morgan fingerprint density at radius 1 is 1.21 bits per heavy atom. The normalized spacial score (nSPS) is 23.9. The lowest BCUT2D eigenvalue weighted by Crippen LogP contribution is -2.46. The molecular formula is C14H23F2NO2. The monoisotopic (exact) mass is 275 g/mol. The zero-order valence-corrected chi connectivity index (χ0v) is 11.3. The molecule has 0 spiro atoms. The van der Waals surface area contributed by atoms with Gasteiger partial charge in [0.05, 0.1) is 6.61 Å². The van der Waals surface area contributed by atoms with Crippen molar-refractivity contribution in [1.82, 2.24) is 4.90 Å². The second kappa shape index (κ2) is 6.16. The number of hydrogen-bond acceptors (Lipinski definition) is 2. The minimum Gasteiger partial charge on any atom is -0.395 e. The third kappa shape index (κ3) is 3.88. The fourth-order valence-corrected chi connectivity index (χ4v) is 2.99. The van der Waals surface area contributed by atoms with E-state index in [-0.39, 0.29) is 37.3 Å². The number of aliphatic hydroxyl groups excluding tert-OH is 1. The molecule has 0 bridgehead atoms. The average Bonchev–Trinajstić information content (AvgIpc) is 2.29. The molecule has 1 amide bonds. The van der Waals surface area contributed by atoms with Gasteiger partial charge in [-0.3, -0.25) is 4.79 Å². The van der Waals surface area contributed by atoms with Crippen LogP contribution in [0.25, 0.3) is 0 Å². The first-order chi connectivity index (χ1) is 9.02. The van der Waals surface area contributed by atoms with Gasteiger partial charge in [-0.2, -0.15) is 0 Å². The summed E-state index contributed by atoms with van der Waals surface area (Å²) in [5.41, 5.74) is 0. The number of aliphatic hydroxyl groups is 1. The molecule has 0 aliphatic heterocycles. The van der Waals surface area contributed by atoms with Gasteiger partial charge >= 0.3 is 0 Å². The van der Waals surface area contributed by atoms with Crippen LogP contribution < -0.4 is 0 Å². The van der Waals surface area contributed by atoms with Gasteiger partial charge in [0, 0.05) is 31.8 Å². The van der Waals surface area contributed by atoms with Gasteiger partial charge in [0.2, 0.25) is 11.8 Å². The topological polar surface area (TPSA) is 40.5 Å². The third-order valence-corrected chi connectivity index (χ3v) is 4.48. The number of hydrogen-bond donors (Lipinski definition) is 1. The Morgan fingerprint density at radius 2 is 1.84 bits per heavy atom. The number of carbonyl (C=O) groups excluding carboxylic acids is 1. The van der Waals surface area contributed by atoms with Crippen LogP contribution in [0.1, 0.15) is 51.4 Å². The maximum absolute atomic E-state index is 13.1. The second-order valence-corrected chi connectivity index (χ2v) is 5.90. The molecule has 2 aliphatic carbocycles. The quantitative estimate of drug-likeness (QED) is 0.837. The van der Waals surface area contributed by atoms with Crippen LogP contribution in [0, 0.1) is 5.92 Å². The van der Waals surface area contributed by atoms with Gasteiger partial charge in [0.25, 0.3) is 0 Å². The zero-order chi connectivity index (χ0) is 13.9. The summed E-state index contributed by atoms with van der Waals surface area (Å²) < 4.78 is 26.1. The van der Waals surface area contributed by atoms with Gasteiger partial charge in [-0.25, -0.2) is 8.78 Å². The van der Waals surface area contributed by atoms with Crippen LogP contribution >= 0.6 is 0 Å². The molecule has 0 aromatic rings. The van der Waals surface area contributed by atoms with Crippen molar-refractivity contribution in [3.63, 3.8) is 0 Å². The van der Waals surface area contributed by atoms with Crippen molar-refractivity contribution in [1.29, 1.82) is 0 Å². The molecule has 1 N–H and O–H groups in total. The first-order valence-corrected chi connectivity index (χ1v) is 7.30. The largest absolute Gasteiger partial charge is 0.395 e. The molecule has 0 heterocycles. The predicted octanol–water partition coefficient (Wildman–Crippen LogP) is 2.58. The molecule has 2 saturated carbocycles. The number of halogens is 2. The molecule has 2 rings (SSSR count). The summed E-state index contributed by atoms with van der Waals surface area (Å²) in [6.07, 6.45) is 4.22. The van der Waals surface area contributed by atoms with Crippen molar-refractivity contribution < 1.29 is 18.7 Å². The molecule has 5 heteroatoms. The van der Waals surface area contributed by atoms with Crippen molar-refractivity contribution >= 4 is 5.91 Å². The molecule has 0 aromatic carbocycles. The van der Waals surface area contributed by atoms with Crippen LogP contribution in [-0.2, 0) is 4.79 Å². The zero-order valence-electron chi connectivity index (χ0n) is 11.3. The Labute approximate surface area is 113 Å². The molecule has 2 fully saturated rings. The Bertz CT molecular complexity index is 309. The van der Waals surface area contributed by atoms with E-state index in [1.165, 1.54) is 0 Å². The van der Waals surface area contributed by atoms with Gasteiger partial charge in [-0.1, -0.05) is 0 Å². The van der Waals surface area contributed by atoms with Crippen LogP contribution in [0.15, 0.2) is 0 Å². The summed E-state index contributed by atoms with van der Waals surface area (Å²) in [6, 6.07) is 0.268. The van der Waals surface area contributed by atoms with E-state index in [1.54, 1.807) is 4.90 Å². The SMILES string of the molecule is O=C(CC1CCC(F)(F)CC1)N(CCO)C1CCC1. The molecule has 0 aromatic heterocycles. The highest BCUT2D eigenvalue weighted by atomic mass is 19.3. The van der Waals surface area contributed by atoms with Crippen molar-refractivity contribution in [3.8, 4) is 0 Å². The Morgan fingerprint density at radius 3 is 2.32 bits per heavy atom. The standard InChI is InChI=1S/C14H23F2NO2/c15-14(16)6-4-11(5-7-14)10-13(19)17(8-9-18)12-2-1-3-12/h11-12,18H,1-10H2. The third-order valence-electron chi connectivity index (χ3n) is 4.48. The highest BCUT2D eigenvalue weighted by Crippen LogP contribution is 2.38. The van der Waals surface area contributed by atoms with Crippen LogP contribution in [0.3, 0.4) is 0 Å². The van der Waals surface area contributed by atoms with Crippen molar-refractivity contribution in [2.75, 3.05) is 13.2 Å². The Hall–Kier alpha value is -0.710. The molecule has 2 aliphatic rings. The molecule has 0 radical (unpaired) electrons. The first-order valence-electron chi connectivity index (χ1n) is 7.30. The summed E-state index contributed by atoms with van der Waals surface area (Å²) in [4.78, 5) is 14.0. The van der Waals surface area contributed by atoms with E-state index in [9.17, 15) is 13.6 Å². The molecule has 110 valence electrons. The van der Waals surface area contributed by atoms with Gasteiger partial charge in [0.15, 0.2) is 0 Å². The fraction of sp³-hybridized carbons (Fsp3) is 0.929. The maximum Gasteiger partial charge on any atom is 0.248 e. The molecule has 3 nitrogen and oxygen atoms in total. The minimum atomic E-state index is -2.53. The van der Waals surface area contributed by atoms with E-state index >= 15 is 0 Å². The lowest BCUT2D eigenvalue weighted by Gasteiger charge is -2.38. The smallest absolute Gasteiger partial charge is 0.248 e. The minimum absolute atomic E-state index is 0.0228. The van der Waals surface area contributed by atoms with E-state index in [4.69, 9.17) is 5.11 Å². The summed E-state index contributed by atoms with van der Waals surface area (Å²) in [7, 11) is 0. The number of carbonyl (C=O) groups is 1. The Kier molecular flexibility index (Phi) is 4.76. The fourth-order valence-electron chi connectivity index (χ4n) is 2.99. The highest BCUT2D eigenvalue weighted by molar-refractivity contribution is 5.77. The number of nitrogens with zero attached hydrogens (tertiary/aromatic N) is 1. The van der Waals surface area contributed by atoms with Crippen LogP contribution in [0.2, 0.25) is 0 Å². The van der Waals surface area contributed by atoms with E-state index in [0.29, 0.717) is 25.8 Å². The number of rotatable bonds is 5. The van der Waals surface area contributed by atoms with E-state index in [1.807, 2.05) is 0 Å². The van der Waals surface area contributed by atoms with Crippen LogP contribution in [0.4, 0.5) is 8.78 Å². The van der Waals surface area contributed by atoms with Crippen molar-refractivity contribution in [2.24, 2.45) is 5.92 Å². The molecule has 0 atom stereocenters. The summed E-state index contributed by atoms with van der Waals surface area (Å²) in [5.74, 6) is -2.40.